The van der Waals surface area contributed by atoms with E-state index in [-0.39, 0.29) is 11.4 Å². The van der Waals surface area contributed by atoms with Gasteiger partial charge in [-0.1, -0.05) is 0 Å². The number of hydrogen-bond acceptors (Lipinski definition) is 4. The summed E-state index contributed by atoms with van der Waals surface area (Å²) in [6, 6.07) is 5.78. The molecule has 1 aliphatic heterocycles. The molecule has 1 saturated carbocycles. The maximum absolute atomic E-state index is 14.5. The Bertz CT molecular complexity index is 859. The van der Waals surface area contributed by atoms with Crippen LogP contribution in [0.2, 0.25) is 0 Å². The molecule has 0 N–H and O–H groups in total. The van der Waals surface area contributed by atoms with Crippen LogP contribution in [0.5, 0.6) is 5.75 Å². The number of piperazine rings is 1. The van der Waals surface area contributed by atoms with E-state index >= 15 is 0 Å². The molecule has 1 saturated heterocycles. The third-order valence-corrected chi connectivity index (χ3v) is 6.96. The van der Waals surface area contributed by atoms with Crippen LogP contribution in [0.1, 0.15) is 52.0 Å². The van der Waals surface area contributed by atoms with Crippen LogP contribution < -0.4 is 4.74 Å². The van der Waals surface area contributed by atoms with Crippen molar-refractivity contribution in [3.63, 3.8) is 0 Å². The van der Waals surface area contributed by atoms with Gasteiger partial charge in [0.15, 0.2) is 11.6 Å². The first kappa shape index (κ1) is 22.3. The second kappa shape index (κ2) is 9.29. The van der Waals surface area contributed by atoms with Gasteiger partial charge in [-0.25, -0.2) is 9.07 Å². The summed E-state index contributed by atoms with van der Waals surface area (Å²) in [6.45, 7) is 14.2. The molecule has 1 aromatic heterocycles. The van der Waals surface area contributed by atoms with E-state index in [1.807, 2.05) is 19.2 Å². The van der Waals surface area contributed by atoms with E-state index in [0.717, 1.165) is 18.4 Å². The third kappa shape index (κ3) is 5.47. The van der Waals surface area contributed by atoms with Crippen molar-refractivity contribution in [2.24, 2.45) is 5.92 Å². The monoisotopic (exact) mass is 428 g/mol. The van der Waals surface area contributed by atoms with E-state index in [9.17, 15) is 4.39 Å². The molecule has 5 nitrogen and oxygen atoms in total. The summed E-state index contributed by atoms with van der Waals surface area (Å²) >= 11 is 0. The number of halogens is 1. The van der Waals surface area contributed by atoms with Crippen molar-refractivity contribution < 1.29 is 9.13 Å². The number of ether oxygens (including phenoxy) is 1. The Kier molecular flexibility index (Phi) is 6.68. The second-order valence-electron chi connectivity index (χ2n) is 10.3. The molecule has 6 heteroatoms. The van der Waals surface area contributed by atoms with Crippen molar-refractivity contribution in [1.82, 2.24) is 19.6 Å². The third-order valence-electron chi connectivity index (χ3n) is 6.96. The van der Waals surface area contributed by atoms with Crippen LogP contribution in [-0.4, -0.2) is 63.9 Å². The van der Waals surface area contributed by atoms with Gasteiger partial charge >= 0.3 is 0 Å². The number of rotatable bonds is 5. The molecule has 4 rings (SSSR count). The van der Waals surface area contributed by atoms with Crippen LogP contribution in [0, 0.1) is 18.7 Å². The summed E-state index contributed by atoms with van der Waals surface area (Å²) in [5.74, 6) is 0.532. The molecule has 2 aromatic rings. The van der Waals surface area contributed by atoms with Crippen LogP contribution in [0.4, 0.5) is 4.39 Å². The van der Waals surface area contributed by atoms with Crippen molar-refractivity contribution >= 4 is 0 Å². The van der Waals surface area contributed by atoms with Crippen LogP contribution in [0.15, 0.2) is 30.6 Å². The first-order chi connectivity index (χ1) is 14.8. The second-order valence-corrected chi connectivity index (χ2v) is 10.3. The summed E-state index contributed by atoms with van der Waals surface area (Å²) in [5.41, 5.74) is 2.03. The van der Waals surface area contributed by atoms with Gasteiger partial charge in [0.05, 0.1) is 18.5 Å². The molecule has 2 aliphatic rings. The lowest BCUT2D eigenvalue weighted by Crippen LogP contribution is -2.56. The van der Waals surface area contributed by atoms with Gasteiger partial charge in [0.25, 0.3) is 0 Å². The van der Waals surface area contributed by atoms with Crippen LogP contribution >= 0.6 is 0 Å². The molecular formula is C25H37FN4O. The van der Waals surface area contributed by atoms with Gasteiger partial charge in [0.2, 0.25) is 0 Å². The highest BCUT2D eigenvalue weighted by Gasteiger charge is 2.31. The Morgan fingerprint density at radius 3 is 2.35 bits per heavy atom. The minimum absolute atomic E-state index is 0.270. The lowest BCUT2D eigenvalue weighted by Gasteiger charge is -2.46. The van der Waals surface area contributed by atoms with E-state index in [4.69, 9.17) is 4.74 Å². The van der Waals surface area contributed by atoms with Gasteiger partial charge in [-0.3, -0.25) is 9.80 Å². The predicted molar refractivity (Wildman–Crippen MR) is 122 cm³/mol. The zero-order valence-electron chi connectivity index (χ0n) is 19.5. The molecule has 0 spiro atoms. The minimum Gasteiger partial charge on any atom is -0.490 e. The molecular weight excluding hydrogens is 391 g/mol. The first-order valence-corrected chi connectivity index (χ1v) is 11.7. The Hall–Kier alpha value is -1.92. The van der Waals surface area contributed by atoms with E-state index in [1.165, 1.54) is 45.1 Å². The van der Waals surface area contributed by atoms with Gasteiger partial charge in [-0.05, 0) is 77.0 Å². The Morgan fingerprint density at radius 2 is 1.77 bits per heavy atom. The molecule has 2 fully saturated rings. The quantitative estimate of drug-likeness (QED) is 0.693. The SMILES string of the molecule is Cc1cnn(-c2ccc(OCC3CCC(N4CCN(C(C)(C)C)CC4)CC3)c(F)c2)c1. The fraction of sp³-hybridized carbons (Fsp3) is 0.640. The lowest BCUT2D eigenvalue weighted by molar-refractivity contribution is 0.0263. The average Bonchev–Trinajstić information content (AvgIpc) is 3.19. The fourth-order valence-electron chi connectivity index (χ4n) is 4.95. The zero-order chi connectivity index (χ0) is 22.0. The largest absolute Gasteiger partial charge is 0.490 e. The highest BCUT2D eigenvalue weighted by Crippen LogP contribution is 2.30. The standard InChI is InChI=1S/C25H37FN4O/c1-19-16-27-30(17-19)22-9-10-24(23(26)15-22)31-18-20-5-7-21(8-6-20)28-11-13-29(14-12-28)25(2,3)4/h9-10,15-17,20-21H,5-8,11-14,18H2,1-4H3. The topological polar surface area (TPSA) is 33.5 Å². The van der Waals surface area contributed by atoms with Crippen molar-refractivity contribution in [3.05, 3.63) is 42.0 Å². The molecule has 1 aromatic carbocycles. The molecule has 0 atom stereocenters. The fourth-order valence-corrected chi connectivity index (χ4v) is 4.95. The summed E-state index contributed by atoms with van der Waals surface area (Å²) in [4.78, 5) is 5.28. The van der Waals surface area contributed by atoms with Crippen molar-refractivity contribution in [2.75, 3.05) is 32.8 Å². The van der Waals surface area contributed by atoms with Gasteiger partial charge in [-0.15, -0.1) is 0 Å². The van der Waals surface area contributed by atoms with Gasteiger partial charge in [0, 0.05) is 50.0 Å². The van der Waals surface area contributed by atoms with Gasteiger partial charge in [0.1, 0.15) is 0 Å². The molecule has 170 valence electrons. The van der Waals surface area contributed by atoms with Gasteiger partial charge < -0.3 is 4.74 Å². The number of hydrogen-bond donors (Lipinski definition) is 0. The van der Waals surface area contributed by atoms with Crippen molar-refractivity contribution in [3.8, 4) is 11.4 Å². The molecule has 0 bridgehead atoms. The highest BCUT2D eigenvalue weighted by molar-refractivity contribution is 5.38. The maximum Gasteiger partial charge on any atom is 0.167 e. The van der Waals surface area contributed by atoms with E-state index in [2.05, 4.69) is 35.7 Å². The molecule has 0 radical (unpaired) electrons. The van der Waals surface area contributed by atoms with Crippen LogP contribution in [0.3, 0.4) is 0 Å². The molecule has 0 amide bonds. The van der Waals surface area contributed by atoms with Crippen molar-refractivity contribution in [2.45, 2.75) is 65.0 Å². The van der Waals surface area contributed by atoms with E-state index < -0.39 is 0 Å². The Balaban J connectivity index is 1.23. The minimum atomic E-state index is -0.323. The number of aryl methyl sites for hydroxylation is 1. The zero-order valence-corrected chi connectivity index (χ0v) is 19.5. The first-order valence-electron chi connectivity index (χ1n) is 11.7. The Morgan fingerprint density at radius 1 is 1.06 bits per heavy atom. The molecule has 31 heavy (non-hydrogen) atoms. The van der Waals surface area contributed by atoms with E-state index in [0.29, 0.717) is 30.0 Å². The molecule has 0 unspecified atom stereocenters. The van der Waals surface area contributed by atoms with Crippen molar-refractivity contribution in [1.29, 1.82) is 0 Å². The maximum atomic E-state index is 14.5. The summed E-state index contributed by atoms with van der Waals surface area (Å²) in [6.07, 6.45) is 8.43. The van der Waals surface area contributed by atoms with Gasteiger partial charge in [-0.2, -0.15) is 5.10 Å². The number of aromatic nitrogens is 2. The van der Waals surface area contributed by atoms with E-state index in [1.54, 1.807) is 16.9 Å². The normalized spacial score (nSPS) is 23.8. The highest BCUT2D eigenvalue weighted by atomic mass is 19.1. The Labute approximate surface area is 186 Å². The van der Waals surface area contributed by atoms with Crippen LogP contribution in [-0.2, 0) is 0 Å². The predicted octanol–water partition coefficient (Wildman–Crippen LogP) is 4.67. The average molecular weight is 429 g/mol. The summed E-state index contributed by atoms with van der Waals surface area (Å²) < 4.78 is 22.1. The smallest absolute Gasteiger partial charge is 0.167 e. The summed E-state index contributed by atoms with van der Waals surface area (Å²) in [5, 5.41) is 4.24. The number of benzene rings is 1. The van der Waals surface area contributed by atoms with Crippen LogP contribution in [0.25, 0.3) is 5.69 Å². The molecule has 1 aliphatic carbocycles. The molecule has 2 heterocycles. The number of nitrogens with zero attached hydrogens (tertiary/aromatic N) is 4. The lowest BCUT2D eigenvalue weighted by atomic mass is 9.85. The summed E-state index contributed by atoms with van der Waals surface area (Å²) in [7, 11) is 0.